The van der Waals surface area contributed by atoms with Gasteiger partial charge in [0.05, 0.1) is 0 Å². The van der Waals surface area contributed by atoms with E-state index in [1.54, 1.807) is 18.2 Å². The Bertz CT molecular complexity index is 924. The lowest BCUT2D eigenvalue weighted by Gasteiger charge is -2.12. The topological polar surface area (TPSA) is 56.8 Å². The minimum atomic E-state index is -0.213. The summed E-state index contributed by atoms with van der Waals surface area (Å²) in [6, 6.07) is 22.3. The summed E-state index contributed by atoms with van der Waals surface area (Å²) in [6.45, 7) is 0.543. The zero-order chi connectivity index (χ0) is 17.8. The van der Waals surface area contributed by atoms with Gasteiger partial charge in [0.1, 0.15) is 12.4 Å². The Morgan fingerprint density at radius 2 is 1.69 bits per heavy atom. The molecule has 0 aromatic heterocycles. The van der Waals surface area contributed by atoms with Crippen LogP contribution in [0.4, 0.5) is 5.69 Å². The minimum Gasteiger partial charge on any atom is -0.489 e. The lowest BCUT2D eigenvalue weighted by atomic mass is 10.1. The Morgan fingerprint density at radius 1 is 0.923 bits per heavy atom. The fourth-order valence-electron chi connectivity index (χ4n) is 2.68. The van der Waals surface area contributed by atoms with Crippen molar-refractivity contribution in [2.75, 3.05) is 12.1 Å². The van der Waals surface area contributed by atoms with E-state index in [-0.39, 0.29) is 12.7 Å². The van der Waals surface area contributed by atoms with E-state index in [1.807, 2.05) is 54.6 Å². The molecule has 0 spiro atoms. The molecule has 0 saturated carbocycles. The highest BCUT2D eigenvalue weighted by Crippen LogP contribution is 2.32. The van der Waals surface area contributed by atoms with Crippen molar-refractivity contribution < 1.29 is 19.0 Å². The predicted octanol–water partition coefficient (Wildman–Crippen LogP) is 4.25. The number of amides is 1. The van der Waals surface area contributed by atoms with Gasteiger partial charge in [-0.05, 0) is 36.4 Å². The van der Waals surface area contributed by atoms with Gasteiger partial charge in [-0.1, -0.05) is 36.4 Å². The first-order valence-electron chi connectivity index (χ1n) is 8.26. The maximum atomic E-state index is 12.6. The van der Waals surface area contributed by atoms with Crippen molar-refractivity contribution in [3.63, 3.8) is 0 Å². The number of carbonyl (C=O) groups excluding carboxylic acids is 1. The highest BCUT2D eigenvalue weighted by Gasteiger charge is 2.17. The van der Waals surface area contributed by atoms with Crippen LogP contribution in [0.3, 0.4) is 0 Å². The highest BCUT2D eigenvalue weighted by molar-refractivity contribution is 6.05. The number of hydrogen-bond donors (Lipinski definition) is 1. The lowest BCUT2D eigenvalue weighted by Crippen LogP contribution is -2.13. The van der Waals surface area contributed by atoms with Gasteiger partial charge in [-0.25, -0.2) is 0 Å². The first-order chi connectivity index (χ1) is 12.8. The fourth-order valence-corrected chi connectivity index (χ4v) is 2.68. The maximum Gasteiger partial charge on any atom is 0.255 e. The normalized spacial score (nSPS) is 11.8. The largest absolute Gasteiger partial charge is 0.489 e. The van der Waals surface area contributed by atoms with Crippen molar-refractivity contribution in [2.45, 2.75) is 6.61 Å². The fraction of sp³-hybridized carbons (Fsp3) is 0.0952. The summed E-state index contributed by atoms with van der Waals surface area (Å²) in [7, 11) is 0. The molecule has 3 aromatic carbocycles. The molecule has 1 aliphatic rings. The van der Waals surface area contributed by atoms with Gasteiger partial charge in [0.2, 0.25) is 6.79 Å². The Labute approximate surface area is 151 Å². The number of anilines is 1. The van der Waals surface area contributed by atoms with Gasteiger partial charge >= 0.3 is 0 Å². The van der Waals surface area contributed by atoms with Gasteiger partial charge in [0.25, 0.3) is 5.91 Å². The predicted molar refractivity (Wildman–Crippen MR) is 97.7 cm³/mol. The smallest absolute Gasteiger partial charge is 0.255 e. The number of benzene rings is 3. The third-order valence-electron chi connectivity index (χ3n) is 4.04. The highest BCUT2D eigenvalue weighted by atomic mass is 16.7. The van der Waals surface area contributed by atoms with Crippen molar-refractivity contribution in [2.24, 2.45) is 0 Å². The molecule has 1 heterocycles. The molecule has 5 heteroatoms. The van der Waals surface area contributed by atoms with E-state index in [0.29, 0.717) is 29.4 Å². The monoisotopic (exact) mass is 347 g/mol. The second-order valence-corrected chi connectivity index (χ2v) is 5.78. The number of para-hydroxylation sites is 2. The van der Waals surface area contributed by atoms with E-state index in [4.69, 9.17) is 14.2 Å². The lowest BCUT2D eigenvalue weighted by molar-refractivity contribution is 0.102. The van der Waals surface area contributed by atoms with Crippen molar-refractivity contribution in [1.82, 2.24) is 0 Å². The van der Waals surface area contributed by atoms with Crippen LogP contribution in [0.1, 0.15) is 15.9 Å². The molecule has 3 aromatic rings. The van der Waals surface area contributed by atoms with E-state index >= 15 is 0 Å². The molecule has 0 unspecified atom stereocenters. The van der Waals surface area contributed by atoms with Crippen LogP contribution in [-0.4, -0.2) is 12.7 Å². The van der Waals surface area contributed by atoms with E-state index < -0.39 is 0 Å². The van der Waals surface area contributed by atoms with Crippen LogP contribution in [-0.2, 0) is 6.61 Å². The number of hydrogen-bond acceptors (Lipinski definition) is 4. The number of rotatable bonds is 5. The van der Waals surface area contributed by atoms with E-state index in [1.165, 1.54) is 0 Å². The van der Waals surface area contributed by atoms with E-state index in [9.17, 15) is 4.79 Å². The summed E-state index contributed by atoms with van der Waals surface area (Å²) in [5, 5.41) is 2.94. The Morgan fingerprint density at radius 3 is 2.58 bits per heavy atom. The molecule has 0 aliphatic carbocycles. The summed E-state index contributed by atoms with van der Waals surface area (Å²) < 4.78 is 16.4. The Hall–Kier alpha value is -3.47. The van der Waals surface area contributed by atoms with Crippen molar-refractivity contribution in [1.29, 1.82) is 0 Å². The van der Waals surface area contributed by atoms with Crippen LogP contribution in [0, 0.1) is 0 Å². The molecule has 1 N–H and O–H groups in total. The molecular formula is C21H17NO4. The molecule has 0 radical (unpaired) electrons. The zero-order valence-corrected chi connectivity index (χ0v) is 14.0. The van der Waals surface area contributed by atoms with Gasteiger partial charge in [0, 0.05) is 16.8 Å². The van der Waals surface area contributed by atoms with Crippen LogP contribution in [0.25, 0.3) is 0 Å². The molecule has 26 heavy (non-hydrogen) atoms. The van der Waals surface area contributed by atoms with Crippen LogP contribution >= 0.6 is 0 Å². The Balaban J connectivity index is 1.48. The summed E-state index contributed by atoms with van der Waals surface area (Å²) in [5.74, 6) is 1.80. The first-order valence-corrected chi connectivity index (χ1v) is 8.26. The standard InChI is InChI=1S/C21H17NO4/c23-21(15-10-11-19-20(12-15)26-14-25-19)22-18-9-5-4-6-16(18)13-24-17-7-2-1-3-8-17/h1-12H,13-14H2,(H,22,23). The molecule has 1 aliphatic heterocycles. The molecule has 1 amide bonds. The maximum absolute atomic E-state index is 12.6. The van der Waals surface area contributed by atoms with Gasteiger partial charge in [-0.15, -0.1) is 0 Å². The molecule has 4 rings (SSSR count). The average molecular weight is 347 g/mol. The molecule has 0 saturated heterocycles. The van der Waals surface area contributed by atoms with Gasteiger partial charge in [-0.3, -0.25) is 4.79 Å². The second kappa shape index (κ2) is 7.19. The van der Waals surface area contributed by atoms with E-state index in [2.05, 4.69) is 5.32 Å². The molecule has 0 atom stereocenters. The van der Waals surface area contributed by atoms with E-state index in [0.717, 1.165) is 11.3 Å². The number of carbonyl (C=O) groups is 1. The molecule has 5 nitrogen and oxygen atoms in total. The summed E-state index contributed by atoms with van der Waals surface area (Å²) in [6.07, 6.45) is 0. The number of ether oxygens (including phenoxy) is 3. The van der Waals surface area contributed by atoms with Crippen LogP contribution < -0.4 is 19.5 Å². The SMILES string of the molecule is O=C(Nc1ccccc1COc1ccccc1)c1ccc2c(c1)OCO2. The van der Waals surface area contributed by atoms with Crippen LogP contribution in [0.15, 0.2) is 72.8 Å². The first kappa shape index (κ1) is 16.0. The van der Waals surface area contributed by atoms with Crippen molar-refractivity contribution >= 4 is 11.6 Å². The van der Waals surface area contributed by atoms with Crippen molar-refractivity contribution in [3.8, 4) is 17.2 Å². The number of fused-ring (bicyclic) bond motifs is 1. The molecule has 0 fully saturated rings. The van der Waals surface area contributed by atoms with Crippen LogP contribution in [0.5, 0.6) is 17.2 Å². The minimum absolute atomic E-state index is 0.181. The zero-order valence-electron chi connectivity index (χ0n) is 14.0. The summed E-state index contributed by atoms with van der Waals surface area (Å²) in [4.78, 5) is 12.6. The third kappa shape index (κ3) is 3.47. The van der Waals surface area contributed by atoms with Gasteiger partial charge in [-0.2, -0.15) is 0 Å². The number of nitrogens with one attached hydrogen (secondary N) is 1. The molecular weight excluding hydrogens is 330 g/mol. The quantitative estimate of drug-likeness (QED) is 0.750. The summed E-state index contributed by atoms with van der Waals surface area (Å²) in [5.41, 5.74) is 2.12. The van der Waals surface area contributed by atoms with Gasteiger partial charge in [0.15, 0.2) is 11.5 Å². The van der Waals surface area contributed by atoms with Crippen molar-refractivity contribution in [3.05, 3.63) is 83.9 Å². The van der Waals surface area contributed by atoms with Gasteiger partial charge < -0.3 is 19.5 Å². The molecule has 130 valence electrons. The average Bonchev–Trinajstić information content (AvgIpc) is 3.16. The molecule has 0 bridgehead atoms. The third-order valence-corrected chi connectivity index (χ3v) is 4.04. The Kier molecular flexibility index (Phi) is 4.43. The summed E-state index contributed by atoms with van der Waals surface area (Å²) >= 11 is 0. The van der Waals surface area contributed by atoms with Crippen LogP contribution in [0.2, 0.25) is 0 Å². The second-order valence-electron chi connectivity index (χ2n) is 5.78.